The van der Waals surface area contributed by atoms with E-state index >= 15 is 0 Å². The van der Waals surface area contributed by atoms with Crippen molar-refractivity contribution in [3.8, 4) is 17.2 Å². The third-order valence-corrected chi connectivity index (χ3v) is 7.32. The Kier molecular flexibility index (Phi) is 7.54. The van der Waals surface area contributed by atoms with Gasteiger partial charge in [-0.1, -0.05) is 12.1 Å². The van der Waals surface area contributed by atoms with Crippen LogP contribution in [0.2, 0.25) is 0 Å². The number of carbonyl (C=O) groups is 2. The molecule has 3 unspecified atom stereocenters. The summed E-state index contributed by atoms with van der Waals surface area (Å²) in [6.07, 6.45) is 0.561. The predicted octanol–water partition coefficient (Wildman–Crippen LogP) is 5.70. The molecule has 0 aromatic heterocycles. The Labute approximate surface area is 219 Å². The third kappa shape index (κ3) is 4.91. The van der Waals surface area contributed by atoms with Gasteiger partial charge in [0, 0.05) is 29.3 Å². The van der Waals surface area contributed by atoms with Crippen LogP contribution in [0.4, 0.5) is 0 Å². The Morgan fingerprint density at radius 3 is 2.39 bits per heavy atom. The molecule has 0 spiro atoms. The van der Waals surface area contributed by atoms with Gasteiger partial charge in [-0.05, 0) is 84.4 Å². The second-order valence-corrected chi connectivity index (χ2v) is 10.3. The summed E-state index contributed by atoms with van der Waals surface area (Å²) in [7, 11) is 3.08. The molecule has 8 heteroatoms. The molecule has 1 N–H and O–H groups in total. The van der Waals surface area contributed by atoms with Crippen molar-refractivity contribution in [3.63, 3.8) is 0 Å². The highest BCUT2D eigenvalue weighted by Gasteiger charge is 2.45. The van der Waals surface area contributed by atoms with E-state index in [2.05, 4.69) is 15.9 Å². The number of ketones is 1. The maximum absolute atomic E-state index is 13.7. The number of phenols is 1. The van der Waals surface area contributed by atoms with Gasteiger partial charge in [0.05, 0.1) is 24.8 Å². The zero-order valence-corrected chi connectivity index (χ0v) is 22.6. The van der Waals surface area contributed by atoms with Crippen LogP contribution in [-0.4, -0.2) is 42.9 Å². The van der Waals surface area contributed by atoms with E-state index < -0.39 is 17.8 Å². The van der Waals surface area contributed by atoms with Crippen molar-refractivity contribution in [1.29, 1.82) is 0 Å². The van der Waals surface area contributed by atoms with Gasteiger partial charge < -0.3 is 19.3 Å². The van der Waals surface area contributed by atoms with Gasteiger partial charge in [-0.25, -0.2) is 0 Å². The Morgan fingerprint density at radius 1 is 1.08 bits per heavy atom. The van der Waals surface area contributed by atoms with E-state index in [-0.39, 0.29) is 29.3 Å². The fourth-order valence-electron chi connectivity index (χ4n) is 5.07. The molecule has 0 fully saturated rings. The van der Waals surface area contributed by atoms with E-state index in [1.807, 2.05) is 24.3 Å². The van der Waals surface area contributed by atoms with Gasteiger partial charge in [0.25, 0.3) is 0 Å². The van der Waals surface area contributed by atoms with E-state index in [0.29, 0.717) is 39.9 Å². The molecule has 1 heterocycles. The molecule has 2 aromatic carbocycles. The number of benzene rings is 2. The molecule has 1 aliphatic carbocycles. The minimum Gasteiger partial charge on any atom is -0.503 e. The number of esters is 1. The van der Waals surface area contributed by atoms with Crippen LogP contribution in [0.25, 0.3) is 0 Å². The van der Waals surface area contributed by atoms with Crippen molar-refractivity contribution in [2.24, 2.45) is 10.9 Å². The van der Waals surface area contributed by atoms with Gasteiger partial charge in [-0.3, -0.25) is 14.6 Å². The van der Waals surface area contributed by atoms with Gasteiger partial charge in [0.2, 0.25) is 0 Å². The average molecular weight is 556 g/mol. The molecule has 1 aliphatic heterocycles. The van der Waals surface area contributed by atoms with Gasteiger partial charge in [-0.2, -0.15) is 0 Å². The van der Waals surface area contributed by atoms with Crippen molar-refractivity contribution in [3.05, 3.63) is 63.3 Å². The van der Waals surface area contributed by atoms with Gasteiger partial charge in [0.1, 0.15) is 11.7 Å². The first-order valence-corrected chi connectivity index (χ1v) is 12.7. The lowest BCUT2D eigenvalue weighted by Gasteiger charge is -2.37. The van der Waals surface area contributed by atoms with E-state index in [4.69, 9.17) is 19.2 Å². The lowest BCUT2D eigenvalue weighted by Crippen LogP contribution is -2.38. The fraction of sp³-hybridized carbons (Fsp3) is 0.393. The summed E-state index contributed by atoms with van der Waals surface area (Å²) in [6, 6.07) is 11.1. The smallest absolute Gasteiger partial charge is 0.315 e. The number of methoxy groups -OCH3 is 2. The molecular formula is C28H30BrNO6. The molecular weight excluding hydrogens is 526 g/mol. The summed E-state index contributed by atoms with van der Waals surface area (Å²) < 4.78 is 16.6. The Balaban J connectivity index is 1.83. The minimum atomic E-state index is -0.770. The summed E-state index contributed by atoms with van der Waals surface area (Å²) in [5, 5.41) is 10.4. The molecule has 190 valence electrons. The first kappa shape index (κ1) is 25.9. The first-order valence-electron chi connectivity index (χ1n) is 11.9. The van der Waals surface area contributed by atoms with Crippen molar-refractivity contribution < 1.29 is 28.9 Å². The second-order valence-electron chi connectivity index (χ2n) is 9.41. The summed E-state index contributed by atoms with van der Waals surface area (Å²) in [4.78, 5) is 31.8. The summed E-state index contributed by atoms with van der Waals surface area (Å²) in [6.45, 7) is 5.38. The van der Waals surface area contributed by atoms with Crippen LogP contribution >= 0.6 is 15.9 Å². The number of rotatable bonds is 6. The molecule has 3 atom stereocenters. The molecule has 2 aliphatic rings. The molecule has 4 rings (SSSR count). The predicted molar refractivity (Wildman–Crippen MR) is 140 cm³/mol. The normalized spacial score (nSPS) is 21.7. The summed E-state index contributed by atoms with van der Waals surface area (Å²) >= 11 is 3.38. The molecule has 2 aromatic rings. The molecule has 0 saturated carbocycles. The van der Waals surface area contributed by atoms with Crippen molar-refractivity contribution >= 4 is 33.4 Å². The number of aliphatic imine (C=N–C) groups is 1. The van der Waals surface area contributed by atoms with E-state index in [9.17, 15) is 14.7 Å². The van der Waals surface area contributed by atoms with Crippen LogP contribution < -0.4 is 9.47 Å². The molecule has 0 radical (unpaired) electrons. The van der Waals surface area contributed by atoms with Crippen LogP contribution in [0.5, 0.6) is 17.2 Å². The van der Waals surface area contributed by atoms with Crippen LogP contribution in [0, 0.1) is 5.92 Å². The van der Waals surface area contributed by atoms with Gasteiger partial charge in [0.15, 0.2) is 17.3 Å². The van der Waals surface area contributed by atoms with Gasteiger partial charge >= 0.3 is 5.97 Å². The van der Waals surface area contributed by atoms with E-state index in [1.54, 1.807) is 40.0 Å². The topological polar surface area (TPSA) is 94.4 Å². The van der Waals surface area contributed by atoms with E-state index in [1.165, 1.54) is 7.11 Å². The number of halogens is 1. The van der Waals surface area contributed by atoms with E-state index in [0.717, 1.165) is 11.3 Å². The van der Waals surface area contributed by atoms with Crippen LogP contribution in [0.1, 0.15) is 56.6 Å². The van der Waals surface area contributed by atoms with Crippen LogP contribution in [0.3, 0.4) is 0 Å². The Morgan fingerprint density at radius 2 is 1.78 bits per heavy atom. The monoisotopic (exact) mass is 555 g/mol. The zero-order chi connectivity index (χ0) is 26.1. The summed E-state index contributed by atoms with van der Waals surface area (Å²) in [5.41, 5.74) is 3.51. The average Bonchev–Trinajstić information content (AvgIpc) is 2.84. The number of aromatic hydroxyl groups is 1. The largest absolute Gasteiger partial charge is 0.503 e. The molecule has 0 amide bonds. The maximum atomic E-state index is 13.7. The number of hydrogen-bond donors (Lipinski definition) is 1. The fourth-order valence-corrected chi connectivity index (χ4v) is 5.53. The third-order valence-electron chi connectivity index (χ3n) is 6.71. The first-order chi connectivity index (χ1) is 17.1. The zero-order valence-electron chi connectivity index (χ0n) is 21.0. The highest BCUT2D eigenvalue weighted by molar-refractivity contribution is 9.10. The number of nitrogens with zero attached hydrogens (tertiary/aromatic N) is 1. The second kappa shape index (κ2) is 10.5. The molecule has 0 bridgehead atoms. The Hall–Kier alpha value is -3.13. The highest BCUT2D eigenvalue weighted by Crippen LogP contribution is 2.49. The summed E-state index contributed by atoms with van der Waals surface area (Å²) in [5.74, 6) is -0.942. The molecule has 0 saturated heterocycles. The maximum Gasteiger partial charge on any atom is 0.315 e. The van der Waals surface area contributed by atoms with Crippen molar-refractivity contribution in [2.75, 3.05) is 14.2 Å². The molecule has 36 heavy (non-hydrogen) atoms. The number of Topliss-reactive ketones (excluding diaryl/α,β-unsaturated/α-hetero) is 1. The van der Waals surface area contributed by atoms with Crippen molar-refractivity contribution in [1.82, 2.24) is 0 Å². The number of allylic oxidation sites excluding steroid dienone is 2. The van der Waals surface area contributed by atoms with Gasteiger partial charge in [-0.15, -0.1) is 0 Å². The number of hydrogen-bond acceptors (Lipinski definition) is 7. The number of phenolic OH excluding ortho intramolecular Hbond substituents is 1. The quantitative estimate of drug-likeness (QED) is 0.459. The number of ether oxygens (including phenoxy) is 3. The van der Waals surface area contributed by atoms with Crippen LogP contribution in [0.15, 0.2) is 57.1 Å². The van der Waals surface area contributed by atoms with Crippen LogP contribution in [-0.2, 0) is 14.3 Å². The Bertz CT molecular complexity index is 1250. The minimum absolute atomic E-state index is 0.0281. The lowest BCUT2D eigenvalue weighted by molar-refractivity contribution is -0.150. The standard InChI is InChI=1S/C28H30BrNO6/c1-14(2)36-28(33)24-15(3)30-21-11-17(16-6-8-19(34-4)9-7-16)12-22(31)26(21)25(24)18-10-20(29)27(32)23(13-18)35-5/h6-10,13-14,17,24-25,32H,11-12H2,1-5H3. The number of carbonyl (C=O) groups excluding carboxylic acids is 2. The van der Waals surface area contributed by atoms with Crippen molar-refractivity contribution in [2.45, 2.75) is 51.6 Å². The lowest BCUT2D eigenvalue weighted by atomic mass is 9.69. The molecule has 7 nitrogen and oxygen atoms in total. The SMILES string of the molecule is COc1ccc(C2CC(=O)C3=C(C2)N=C(C)C(C(=O)OC(C)C)C3c2cc(Br)c(O)c(OC)c2)cc1. The highest BCUT2D eigenvalue weighted by atomic mass is 79.9.